The second kappa shape index (κ2) is 36.2. The third kappa shape index (κ3) is 41.9. The number of hydrogen-bond donors (Lipinski definition) is 3. The topological polar surface area (TPSA) is 253 Å². The lowest BCUT2D eigenvalue weighted by Gasteiger charge is -2.27. The van der Waals surface area contributed by atoms with Gasteiger partial charge in [0.15, 0.2) is 26.4 Å². The van der Waals surface area contributed by atoms with Gasteiger partial charge in [0, 0.05) is 0 Å². The molecule has 0 bridgehead atoms. The molecule has 0 aliphatic carbocycles. The molecule has 0 heterocycles. The number of rotatable bonds is 21. The molecule has 0 rings (SSSR count). The summed E-state index contributed by atoms with van der Waals surface area (Å²) in [5, 5.41) is 25.0. The molecule has 0 atom stereocenters. The van der Waals surface area contributed by atoms with E-state index in [0.717, 1.165) is 6.42 Å². The molecule has 0 aliphatic rings. The normalized spacial score (nSPS) is 12.3. The van der Waals surface area contributed by atoms with Gasteiger partial charge < -0.3 is 43.7 Å². The fourth-order valence-electron chi connectivity index (χ4n) is 2.98. The third-order valence-corrected chi connectivity index (χ3v) is 11.2. The Morgan fingerprint density at radius 3 is 0.897 bits per heavy atom. The Kier molecular flexibility index (Phi) is 39.1. The average molecular weight is 1170 g/mol. The van der Waals surface area contributed by atoms with Crippen LogP contribution in [0, 0.1) is 32.5 Å². The first-order valence-corrected chi connectivity index (χ1v) is 23.9. The average Bonchev–Trinajstić information content (AvgIpc) is 3.31. The van der Waals surface area contributed by atoms with Crippen LogP contribution in [0.1, 0.15) is 163 Å². The van der Waals surface area contributed by atoms with Crippen LogP contribution in [-0.2, 0) is 66.8 Å². The summed E-state index contributed by atoms with van der Waals surface area (Å²) in [6.45, 7) is 25.3. The summed E-state index contributed by atoms with van der Waals surface area (Å²) >= 11 is 0. The molecule has 29 heteroatoms. The van der Waals surface area contributed by atoms with Crippen LogP contribution in [0.2, 0.25) is 0 Å². The largest absolute Gasteiger partial charge is 0.481 e. The van der Waals surface area contributed by atoms with Gasteiger partial charge in [-0.05, 0) is 122 Å². The van der Waals surface area contributed by atoms with Gasteiger partial charge in [0.1, 0.15) is 6.61 Å². The van der Waals surface area contributed by atoms with Gasteiger partial charge in [0.2, 0.25) is 0 Å². The zero-order valence-electron chi connectivity index (χ0n) is 47.7. The van der Waals surface area contributed by atoms with Gasteiger partial charge in [-0.15, -0.1) is 0 Å². The number of aliphatic hydroxyl groups is 1. The van der Waals surface area contributed by atoms with E-state index < -0.39 is 132 Å². The van der Waals surface area contributed by atoms with Crippen LogP contribution in [0.25, 0.3) is 0 Å². The molecule has 464 valence electrons. The first-order chi connectivity index (χ1) is 34.5. The molecule has 0 fully saturated rings. The molecular weight excluding hydrogens is 1090 g/mol. The summed E-state index contributed by atoms with van der Waals surface area (Å²) in [5.41, 5.74) is -4.56. The van der Waals surface area contributed by atoms with Gasteiger partial charge in [-0.25, -0.2) is 9.59 Å². The maximum Gasteiger partial charge on any atom is 0.434 e. The Bertz CT molecular complexity index is 1800. The van der Waals surface area contributed by atoms with E-state index in [1.54, 1.807) is 69.2 Å². The van der Waals surface area contributed by atoms with Crippen LogP contribution in [0.3, 0.4) is 0 Å². The molecule has 17 nitrogen and oxygen atoms in total. The molecule has 0 unspecified atom stereocenters. The van der Waals surface area contributed by atoms with Gasteiger partial charge in [0.05, 0.1) is 39.1 Å². The number of carbonyl (C=O) groups excluding carboxylic acids is 6. The molecule has 0 spiro atoms. The van der Waals surface area contributed by atoms with Crippen molar-refractivity contribution in [3.8, 4) is 0 Å². The highest BCUT2D eigenvalue weighted by molar-refractivity contribution is 5.80. The molecule has 0 saturated carbocycles. The van der Waals surface area contributed by atoms with Gasteiger partial charge in [-0.1, -0.05) is 41.5 Å². The van der Waals surface area contributed by atoms with Crippen LogP contribution in [0.5, 0.6) is 0 Å². The number of halogens is 12. The van der Waals surface area contributed by atoms with Crippen molar-refractivity contribution in [2.75, 3.05) is 39.6 Å². The first kappa shape index (κ1) is 84.2. The van der Waals surface area contributed by atoms with Gasteiger partial charge in [0.25, 0.3) is 6.10 Å². The van der Waals surface area contributed by atoms with Gasteiger partial charge >= 0.3 is 72.5 Å². The highest BCUT2D eigenvalue weighted by atomic mass is 19.4. The lowest BCUT2D eigenvalue weighted by Crippen LogP contribution is -2.47. The summed E-state index contributed by atoms with van der Waals surface area (Å²) in [6, 6.07) is 0. The van der Waals surface area contributed by atoms with E-state index in [1.165, 1.54) is 20.8 Å². The molecular formula is C49H82F12O17. The lowest BCUT2D eigenvalue weighted by atomic mass is 9.90. The van der Waals surface area contributed by atoms with Crippen LogP contribution >= 0.6 is 0 Å². The number of aliphatic hydroxyl groups excluding tert-OH is 1. The van der Waals surface area contributed by atoms with E-state index in [1.807, 2.05) is 34.6 Å². The highest BCUT2D eigenvalue weighted by Gasteiger charge is 2.60. The summed E-state index contributed by atoms with van der Waals surface area (Å²) < 4.78 is 168. The number of carboxylic acid groups (broad SMARTS) is 2. The molecule has 0 aliphatic heterocycles. The minimum atomic E-state index is -5.67. The van der Waals surface area contributed by atoms with Crippen molar-refractivity contribution in [2.24, 2.45) is 32.5 Å². The Hall–Kier alpha value is -5.12. The minimum Gasteiger partial charge on any atom is -0.481 e. The van der Waals surface area contributed by atoms with E-state index in [-0.39, 0.29) is 25.6 Å². The van der Waals surface area contributed by atoms with Crippen molar-refractivity contribution in [3.05, 3.63) is 0 Å². The number of esters is 6. The quantitative estimate of drug-likeness (QED) is 0.0549. The second-order valence-electron chi connectivity index (χ2n) is 20.5. The molecule has 0 aromatic rings. The first-order valence-electron chi connectivity index (χ1n) is 23.9. The second-order valence-corrected chi connectivity index (χ2v) is 20.5. The minimum absolute atomic E-state index is 0.0638. The Morgan fingerprint density at radius 1 is 0.385 bits per heavy atom. The molecule has 3 N–H and O–H groups in total. The predicted molar refractivity (Wildman–Crippen MR) is 256 cm³/mol. The molecule has 0 amide bonds. The van der Waals surface area contributed by atoms with Crippen LogP contribution in [-0.4, -0.2) is 134 Å². The molecule has 0 radical (unpaired) electrons. The lowest BCUT2D eigenvalue weighted by molar-refractivity contribution is -0.315. The highest BCUT2D eigenvalue weighted by Crippen LogP contribution is 2.37. The fourth-order valence-corrected chi connectivity index (χ4v) is 2.98. The number of carboxylic acids is 2. The van der Waals surface area contributed by atoms with Crippen LogP contribution in [0.4, 0.5) is 52.7 Å². The van der Waals surface area contributed by atoms with Crippen LogP contribution in [0.15, 0.2) is 0 Å². The number of carbonyl (C=O) groups is 8. The van der Waals surface area contributed by atoms with Crippen molar-refractivity contribution in [2.45, 2.75) is 194 Å². The Morgan fingerprint density at radius 2 is 0.654 bits per heavy atom. The zero-order valence-corrected chi connectivity index (χ0v) is 47.7. The third-order valence-electron chi connectivity index (χ3n) is 11.2. The van der Waals surface area contributed by atoms with Crippen molar-refractivity contribution in [1.82, 2.24) is 0 Å². The van der Waals surface area contributed by atoms with E-state index in [9.17, 15) is 91.0 Å². The molecule has 78 heavy (non-hydrogen) atoms. The van der Waals surface area contributed by atoms with E-state index in [0.29, 0.717) is 25.7 Å². The predicted octanol–water partition coefficient (Wildman–Crippen LogP) is 11.6. The maximum atomic E-state index is 12.1. The summed E-state index contributed by atoms with van der Waals surface area (Å²) in [7, 11) is 0. The smallest absolute Gasteiger partial charge is 0.434 e. The van der Waals surface area contributed by atoms with E-state index >= 15 is 0 Å². The molecule has 0 saturated heterocycles. The van der Waals surface area contributed by atoms with Crippen molar-refractivity contribution >= 4 is 47.8 Å². The van der Waals surface area contributed by atoms with Gasteiger partial charge in [-0.3, -0.25) is 28.8 Å². The number of ether oxygens (including phenoxy) is 6. The fraction of sp³-hybridized carbons (Fsp3) is 0.837. The maximum absolute atomic E-state index is 12.1. The van der Waals surface area contributed by atoms with E-state index in [2.05, 4.69) is 23.7 Å². The molecule has 0 aromatic heterocycles. The zero-order chi connectivity index (χ0) is 63.9. The Balaban J connectivity index is -0.000000203. The number of aliphatic carboxylic acids is 2. The molecule has 0 aromatic carbocycles. The Labute approximate surface area is 448 Å². The van der Waals surface area contributed by atoms with Gasteiger partial charge in [-0.2, -0.15) is 52.7 Å². The summed E-state index contributed by atoms with van der Waals surface area (Å²) in [6.07, 6.45) is -21.4. The van der Waals surface area contributed by atoms with Crippen LogP contribution < -0.4 is 0 Å². The summed E-state index contributed by atoms with van der Waals surface area (Å²) in [4.78, 5) is 86.9. The number of alkyl halides is 12. The van der Waals surface area contributed by atoms with Crippen molar-refractivity contribution < 1.29 is 135 Å². The van der Waals surface area contributed by atoms with Crippen molar-refractivity contribution in [1.29, 1.82) is 0 Å². The van der Waals surface area contributed by atoms with Crippen molar-refractivity contribution in [3.63, 3.8) is 0 Å². The van der Waals surface area contributed by atoms with E-state index in [4.69, 9.17) is 20.1 Å². The number of hydrogen-bond acceptors (Lipinski definition) is 15. The summed E-state index contributed by atoms with van der Waals surface area (Å²) in [5.74, 6) is -6.77. The monoisotopic (exact) mass is 1170 g/mol. The standard InChI is InChI=1S/C10H15F3O4.C9H12F6O2.C8H13F3O2.C8H14O4.C8H16O3.C6H12O2/c1-4-9(2,3)8(15)16-5-7(14)17-6-10(11,12)13;1-4-7(2,3)6(16)17-5(8(10,11)12)9(13,14)15;1-4-7(2,3)6(12)13-5-8(9,10)11;1-4-8(2,3)7(11)12-5-6(9)10;1-4-8(2,3)7(10)11-6-5-9;1-4-6(2,3)5(7)8/h4-6H2,1-3H3;5H,4H2,1-3H3;4-5H2,1-3H3;4-5H2,1-3H3,(H,9,10);9H,4-6H2,1-3H3;4H2,1-3H3,(H,7,8). The SMILES string of the molecule is CCC(C)(C)C(=O)O.CCC(C)(C)C(=O)OC(C(F)(F)F)C(F)(F)F.CCC(C)(C)C(=O)OCC(=O)O.CCC(C)(C)C(=O)OCC(=O)OCC(F)(F)F.CCC(C)(C)C(=O)OCC(F)(F)F.CCC(C)(C)C(=O)OCCO.